The topological polar surface area (TPSA) is 16.4 Å². The van der Waals surface area contributed by atoms with Crippen molar-refractivity contribution >= 4 is 70.5 Å². The normalized spacial score (nSPS) is 22.3. The molecule has 7 aromatic carbocycles. The van der Waals surface area contributed by atoms with Crippen LogP contribution in [0.15, 0.2) is 162 Å². The lowest BCUT2D eigenvalue weighted by Gasteiger charge is -2.29. The molecule has 2 aromatic heterocycles. The number of para-hydroxylation sites is 2. The number of furan rings is 1. The van der Waals surface area contributed by atoms with Gasteiger partial charge in [0.1, 0.15) is 11.2 Å². The smallest absolute Gasteiger partial charge is 0.137 e. The zero-order valence-electron chi connectivity index (χ0n) is 52.3. The van der Waals surface area contributed by atoms with Crippen LogP contribution in [0, 0.1) is 0 Å². The van der Waals surface area contributed by atoms with Crippen molar-refractivity contribution in [3.8, 4) is 11.1 Å². The van der Waals surface area contributed by atoms with E-state index in [1.165, 1.54) is 0 Å². The highest BCUT2D eigenvalue weighted by Crippen LogP contribution is 2.55. The molecule has 1 aliphatic carbocycles. The summed E-state index contributed by atoms with van der Waals surface area (Å²) in [6.07, 6.45) is 0. The maximum absolute atomic E-state index is 9.93. The summed E-state index contributed by atoms with van der Waals surface area (Å²) >= 11 is 0.375. The highest BCUT2D eigenvalue weighted by Gasteiger charge is 2.41. The van der Waals surface area contributed by atoms with Gasteiger partial charge in [-0.3, -0.25) is 0 Å². The monoisotopic (exact) mass is 648 g/mol. The molecular formula is C44H29NOS. The van der Waals surface area contributed by atoms with Gasteiger partial charge in [0.05, 0.1) is 35.6 Å². The zero-order chi connectivity index (χ0) is 56.2. The number of thiophene rings is 1. The lowest BCUT2D eigenvalue weighted by atomic mass is 9.73. The highest BCUT2D eigenvalue weighted by molar-refractivity contribution is 7.25. The Bertz CT molecular complexity index is 4150. The Morgan fingerprint density at radius 1 is 0.532 bits per heavy atom. The standard InChI is InChI=1S/C44H29NOS/c1-44(36-17-8-5-14-31(36)32-15-6-9-18-37(32)44)38-19-11-21-41-43(38)35-25-23-30(27-42(35)47-41)45(28-12-3-2-4-13-28)29-22-24-34-33-16-7-10-20-39(33)46-40(34)26-29/h2-27H,1H3/i1D3,2D,3D,4D,5D,6D,7D,8D,9D,10D,11D,12D,13D,14D,15D,16D,17D,18D,19D,20D,21D,22D,23D,24D,25D,26D,27D. The number of hydrogen-bond donors (Lipinski definition) is 0. The molecule has 3 heteroatoms. The van der Waals surface area contributed by atoms with Crippen molar-refractivity contribution in [3.63, 3.8) is 0 Å². The van der Waals surface area contributed by atoms with Crippen LogP contribution in [-0.4, -0.2) is 0 Å². The third-order valence-corrected chi connectivity index (χ3v) is 8.86. The van der Waals surface area contributed by atoms with E-state index in [1.807, 2.05) is 0 Å². The summed E-state index contributed by atoms with van der Waals surface area (Å²) < 4.78 is 267. The molecule has 0 spiro atoms. The average molecular weight is 649 g/mol. The molecular weight excluding hydrogens is 591 g/mol. The number of anilines is 3. The molecule has 47 heavy (non-hydrogen) atoms. The molecule has 0 fully saturated rings. The van der Waals surface area contributed by atoms with E-state index in [1.54, 1.807) is 0 Å². The fourth-order valence-corrected chi connectivity index (χ4v) is 6.87. The van der Waals surface area contributed by atoms with Crippen molar-refractivity contribution in [1.29, 1.82) is 0 Å². The number of fused-ring (bicyclic) bond motifs is 9. The van der Waals surface area contributed by atoms with Gasteiger partial charge < -0.3 is 9.32 Å². The third-order valence-electron chi connectivity index (χ3n) is 7.84. The van der Waals surface area contributed by atoms with Gasteiger partial charge in [0.15, 0.2) is 0 Å². The fraction of sp³-hybridized carbons (Fsp3) is 0.0455. The molecule has 0 unspecified atom stereocenters. The second-order valence-corrected chi connectivity index (χ2v) is 11.3. The van der Waals surface area contributed by atoms with Gasteiger partial charge in [-0.25, -0.2) is 0 Å². The molecule has 0 saturated carbocycles. The third kappa shape index (κ3) is 3.78. The molecule has 0 saturated heterocycles. The molecule has 0 aliphatic heterocycles. The minimum atomic E-state index is -3.78. The first-order chi connectivity index (χ1) is 35.3. The maximum atomic E-state index is 9.93. The molecule has 0 radical (unpaired) electrons. The maximum Gasteiger partial charge on any atom is 0.137 e. The van der Waals surface area contributed by atoms with E-state index in [2.05, 4.69) is 0 Å². The number of nitrogens with zero attached hydrogens (tertiary/aromatic N) is 1. The van der Waals surface area contributed by atoms with Crippen molar-refractivity contribution in [2.75, 3.05) is 4.90 Å². The van der Waals surface area contributed by atoms with Gasteiger partial charge in [0.2, 0.25) is 0 Å². The molecule has 0 bridgehead atoms. The van der Waals surface area contributed by atoms with Crippen molar-refractivity contribution in [1.82, 2.24) is 0 Å². The Morgan fingerprint density at radius 3 is 1.96 bits per heavy atom. The van der Waals surface area contributed by atoms with Crippen LogP contribution in [0.2, 0.25) is 0 Å². The van der Waals surface area contributed by atoms with Gasteiger partial charge >= 0.3 is 0 Å². The second-order valence-electron chi connectivity index (χ2n) is 10.3. The Hall–Kier alpha value is -5.64. The number of rotatable bonds is 4. The van der Waals surface area contributed by atoms with Crippen LogP contribution in [0.25, 0.3) is 53.2 Å². The average Bonchev–Trinajstić information content (AvgIpc) is 4.29. The van der Waals surface area contributed by atoms with Crippen molar-refractivity contribution in [3.05, 3.63) is 174 Å². The van der Waals surface area contributed by atoms with Gasteiger partial charge in [-0.05, 0) is 83.0 Å². The van der Waals surface area contributed by atoms with Gasteiger partial charge in [-0.15, -0.1) is 11.3 Å². The molecule has 1 aliphatic rings. The van der Waals surface area contributed by atoms with Gasteiger partial charge in [0.25, 0.3) is 0 Å². The summed E-state index contributed by atoms with van der Waals surface area (Å²) in [5, 5.41) is -2.21. The summed E-state index contributed by atoms with van der Waals surface area (Å²) in [5.41, 5.74) is -11.6. The summed E-state index contributed by atoms with van der Waals surface area (Å²) in [4.78, 5) is 0.492. The lowest BCUT2D eigenvalue weighted by molar-refractivity contribution is 0.669. The Kier molecular flexibility index (Phi) is 2.26. The molecule has 0 atom stereocenters. The van der Waals surface area contributed by atoms with Crippen molar-refractivity contribution in [2.24, 2.45) is 0 Å². The minimum absolute atomic E-state index is 0.375. The first-order valence-electron chi connectivity index (χ1n) is 28.2. The van der Waals surface area contributed by atoms with Crippen molar-refractivity contribution in [2.45, 2.75) is 12.3 Å². The van der Waals surface area contributed by atoms with Crippen LogP contribution in [0.3, 0.4) is 0 Å². The summed E-state index contributed by atoms with van der Waals surface area (Å²) in [6, 6.07) is -25.4. The van der Waals surface area contributed by atoms with Crippen LogP contribution in [0.5, 0.6) is 0 Å². The van der Waals surface area contributed by atoms with E-state index < -0.39 is 256 Å². The van der Waals surface area contributed by atoms with E-state index in [-0.39, 0.29) is 0 Å². The van der Waals surface area contributed by atoms with Crippen molar-refractivity contribution < 1.29 is 44.2 Å². The summed E-state index contributed by atoms with van der Waals surface area (Å²) in [7, 11) is 0. The zero-order valence-corrected chi connectivity index (χ0v) is 24.1. The van der Waals surface area contributed by atoms with Crippen LogP contribution in [0.1, 0.15) is 63.3 Å². The van der Waals surface area contributed by atoms with E-state index in [0.717, 1.165) is 0 Å². The largest absolute Gasteiger partial charge is 0.456 e. The molecule has 9 aromatic rings. The predicted molar refractivity (Wildman–Crippen MR) is 199 cm³/mol. The predicted octanol–water partition coefficient (Wildman–Crippen LogP) is 12.8. The molecule has 2 nitrogen and oxygen atoms in total. The molecule has 2 heterocycles. The van der Waals surface area contributed by atoms with Crippen LogP contribution in [0.4, 0.5) is 17.1 Å². The minimum Gasteiger partial charge on any atom is -0.456 e. The first-order valence-corrected chi connectivity index (χ1v) is 14.6. The van der Waals surface area contributed by atoms with Crippen LogP contribution < -0.4 is 4.90 Å². The Morgan fingerprint density at radius 2 is 1.17 bits per heavy atom. The summed E-state index contributed by atoms with van der Waals surface area (Å²) in [6.45, 7) is -3.78. The highest BCUT2D eigenvalue weighted by atomic mass is 32.1. The van der Waals surface area contributed by atoms with Gasteiger partial charge in [0, 0.05) is 63.6 Å². The Balaban J connectivity index is 1.44. The molecule has 0 N–H and O–H groups in total. The molecule has 10 rings (SSSR count). The van der Waals surface area contributed by atoms with E-state index in [9.17, 15) is 17.8 Å². The molecule has 0 amide bonds. The quantitative estimate of drug-likeness (QED) is 0.189. The molecule has 222 valence electrons. The SMILES string of the molecule is [2H]c1c([2H])c([2H])c(N(c2c([2H])c([2H])c3c(oc4c([2H])c([2H])c([2H])c([2H])c43)c2[2H])c2c([2H])c([2H])c3c(sc4c([2H])c([2H])c([2H])c(C5(C([2H])([2H])[2H])c6c([2H])c([2H])c([2H])c([2H])c6-c6c([2H])c([2H])c([2H])c([2H])c65)c43)c2[2H])c([2H])c1[2H]. The lowest BCUT2D eigenvalue weighted by Crippen LogP contribution is -2.22. The second kappa shape index (κ2) is 9.93. The van der Waals surface area contributed by atoms with Crippen LogP contribution in [-0.2, 0) is 5.41 Å². The Labute approximate surface area is 317 Å². The number of hydrogen-bond acceptors (Lipinski definition) is 3. The van der Waals surface area contributed by atoms with Gasteiger partial charge in [-0.1, -0.05) is 103 Å². The first kappa shape index (κ1) is 10.7. The van der Waals surface area contributed by atoms with Gasteiger partial charge in [-0.2, -0.15) is 0 Å². The van der Waals surface area contributed by atoms with Crippen LogP contribution >= 0.6 is 11.3 Å². The van der Waals surface area contributed by atoms with E-state index >= 15 is 0 Å². The van der Waals surface area contributed by atoms with E-state index in [0.29, 0.717) is 16.2 Å². The summed E-state index contributed by atoms with van der Waals surface area (Å²) in [5.74, 6) is 0. The number of benzene rings is 7. The fourth-order valence-electron chi connectivity index (χ4n) is 5.86. The van der Waals surface area contributed by atoms with E-state index in [4.69, 9.17) is 26.3 Å².